The van der Waals surface area contributed by atoms with Crippen LogP contribution in [0.15, 0.2) is 23.0 Å². The number of nitrogens with zero attached hydrogens (tertiary/aromatic N) is 1. The average molecular weight is 264 g/mol. The van der Waals surface area contributed by atoms with Gasteiger partial charge in [0.1, 0.15) is 12.1 Å². The van der Waals surface area contributed by atoms with Crippen molar-refractivity contribution in [1.29, 1.82) is 0 Å². The third-order valence-corrected chi connectivity index (χ3v) is 3.51. The summed E-state index contributed by atoms with van der Waals surface area (Å²) in [5.41, 5.74) is 0.906. The van der Waals surface area contributed by atoms with E-state index >= 15 is 0 Å². The fraction of sp³-hybridized carbons (Fsp3) is 0.571. The lowest BCUT2D eigenvalue weighted by atomic mass is 9.96. The highest BCUT2D eigenvalue weighted by atomic mass is 16.3. The van der Waals surface area contributed by atoms with E-state index < -0.39 is 12.1 Å². The zero-order valence-electron chi connectivity index (χ0n) is 11.6. The highest BCUT2D eigenvalue weighted by Crippen LogP contribution is 2.20. The fourth-order valence-corrected chi connectivity index (χ4v) is 2.41. The summed E-state index contributed by atoms with van der Waals surface area (Å²) in [6.45, 7) is 6.20. The number of rotatable bonds is 4. The van der Waals surface area contributed by atoms with Crippen LogP contribution in [0.5, 0.6) is 0 Å². The molecular formula is C14H20N2O3. The second kappa shape index (κ2) is 5.47. The Kier molecular flexibility index (Phi) is 3.93. The molecule has 0 aromatic carbocycles. The summed E-state index contributed by atoms with van der Waals surface area (Å²) in [7, 11) is 0. The zero-order chi connectivity index (χ0) is 14.0. The smallest absolute Gasteiger partial charge is 0.246 e. The number of carbonyl (C=O) groups is 2. The topological polar surface area (TPSA) is 62.6 Å². The number of hydrogen-bond donors (Lipinski definition) is 1. The van der Waals surface area contributed by atoms with Crippen molar-refractivity contribution in [1.82, 2.24) is 10.2 Å². The molecule has 1 aliphatic heterocycles. The molecule has 2 atom stereocenters. The molecule has 2 rings (SSSR count). The summed E-state index contributed by atoms with van der Waals surface area (Å²) >= 11 is 0. The van der Waals surface area contributed by atoms with Crippen LogP contribution in [-0.4, -0.2) is 28.8 Å². The largest absolute Gasteiger partial charge is 0.472 e. The molecule has 1 saturated heterocycles. The molecule has 1 N–H and O–H groups in total. The van der Waals surface area contributed by atoms with Crippen molar-refractivity contribution in [3.8, 4) is 0 Å². The van der Waals surface area contributed by atoms with Crippen LogP contribution in [0.25, 0.3) is 0 Å². The van der Waals surface area contributed by atoms with Gasteiger partial charge in [0.15, 0.2) is 0 Å². The second-order valence-electron chi connectivity index (χ2n) is 5.25. The summed E-state index contributed by atoms with van der Waals surface area (Å²) in [6.07, 6.45) is 3.79. The number of hydrogen-bond acceptors (Lipinski definition) is 3. The van der Waals surface area contributed by atoms with Crippen molar-refractivity contribution in [2.45, 2.75) is 45.8 Å². The Bertz CT molecular complexity index is 453. The van der Waals surface area contributed by atoms with E-state index in [1.807, 2.05) is 26.8 Å². The number of furan rings is 1. The van der Waals surface area contributed by atoms with Gasteiger partial charge in [-0.2, -0.15) is 0 Å². The first-order valence-corrected chi connectivity index (χ1v) is 6.66. The highest BCUT2D eigenvalue weighted by molar-refractivity contribution is 5.97. The van der Waals surface area contributed by atoms with Crippen molar-refractivity contribution in [2.24, 2.45) is 5.92 Å². The van der Waals surface area contributed by atoms with Gasteiger partial charge in [0.2, 0.25) is 11.8 Å². The van der Waals surface area contributed by atoms with Crippen LogP contribution in [0.4, 0.5) is 0 Å². The van der Waals surface area contributed by atoms with Crippen molar-refractivity contribution >= 4 is 11.8 Å². The maximum atomic E-state index is 12.5. The number of carbonyl (C=O) groups excluding carboxylic acids is 2. The summed E-state index contributed by atoms with van der Waals surface area (Å²) in [4.78, 5) is 26.2. The van der Waals surface area contributed by atoms with Gasteiger partial charge in [-0.15, -0.1) is 0 Å². The van der Waals surface area contributed by atoms with Gasteiger partial charge in [-0.3, -0.25) is 9.59 Å². The maximum absolute atomic E-state index is 12.5. The van der Waals surface area contributed by atoms with Crippen molar-refractivity contribution in [3.05, 3.63) is 24.2 Å². The van der Waals surface area contributed by atoms with Gasteiger partial charge in [-0.05, 0) is 18.4 Å². The van der Waals surface area contributed by atoms with Crippen LogP contribution in [0, 0.1) is 5.92 Å². The highest BCUT2D eigenvalue weighted by Gasteiger charge is 2.40. The predicted molar refractivity (Wildman–Crippen MR) is 70.1 cm³/mol. The van der Waals surface area contributed by atoms with Gasteiger partial charge in [0.05, 0.1) is 12.5 Å². The molecular weight excluding hydrogens is 244 g/mol. The average Bonchev–Trinajstić information content (AvgIpc) is 2.86. The van der Waals surface area contributed by atoms with Gasteiger partial charge >= 0.3 is 0 Å². The molecule has 0 spiro atoms. The second-order valence-corrected chi connectivity index (χ2v) is 5.25. The molecule has 0 bridgehead atoms. The van der Waals surface area contributed by atoms with Gasteiger partial charge in [-0.1, -0.05) is 20.8 Å². The predicted octanol–water partition coefficient (Wildman–Crippen LogP) is 1.54. The molecule has 5 nitrogen and oxygen atoms in total. The van der Waals surface area contributed by atoms with E-state index in [9.17, 15) is 9.59 Å². The van der Waals surface area contributed by atoms with E-state index in [2.05, 4.69) is 5.32 Å². The Morgan fingerprint density at radius 2 is 2.16 bits per heavy atom. The van der Waals surface area contributed by atoms with E-state index in [0.717, 1.165) is 5.56 Å². The Labute approximate surface area is 113 Å². The Balaban J connectivity index is 2.23. The standard InChI is InChI=1S/C14H20N2O3/c1-4-11-13(17)15-12(9(2)3)14(18)16(11)7-10-5-6-19-8-10/h5-6,8-9,11-12H,4,7H2,1-3H3,(H,15,17). The molecule has 2 heterocycles. The molecule has 2 unspecified atom stereocenters. The first-order valence-electron chi connectivity index (χ1n) is 6.66. The quantitative estimate of drug-likeness (QED) is 0.897. The van der Waals surface area contributed by atoms with E-state index in [1.54, 1.807) is 17.4 Å². The van der Waals surface area contributed by atoms with Gasteiger partial charge in [0.25, 0.3) is 0 Å². The van der Waals surface area contributed by atoms with Gasteiger partial charge in [0, 0.05) is 12.1 Å². The Morgan fingerprint density at radius 3 is 2.68 bits per heavy atom. The first-order chi connectivity index (χ1) is 9.04. The fourth-order valence-electron chi connectivity index (χ4n) is 2.41. The monoisotopic (exact) mass is 264 g/mol. The number of amides is 2. The van der Waals surface area contributed by atoms with Crippen LogP contribution in [0.2, 0.25) is 0 Å². The molecule has 1 fully saturated rings. The SMILES string of the molecule is CCC1C(=O)NC(C(C)C)C(=O)N1Cc1ccoc1. The van der Waals surface area contributed by atoms with Crippen molar-refractivity contribution < 1.29 is 14.0 Å². The molecule has 2 amide bonds. The van der Waals surface area contributed by atoms with E-state index in [4.69, 9.17) is 4.42 Å². The summed E-state index contributed by atoms with van der Waals surface area (Å²) < 4.78 is 5.02. The minimum atomic E-state index is -0.429. The Hall–Kier alpha value is -1.78. The number of piperazine rings is 1. The van der Waals surface area contributed by atoms with Gasteiger partial charge in [-0.25, -0.2) is 0 Å². The summed E-state index contributed by atoms with van der Waals surface area (Å²) in [5.74, 6) is 0.00745. The van der Waals surface area contributed by atoms with Crippen LogP contribution in [0.1, 0.15) is 32.8 Å². The van der Waals surface area contributed by atoms with Crippen LogP contribution in [-0.2, 0) is 16.1 Å². The van der Waals surface area contributed by atoms with Crippen LogP contribution >= 0.6 is 0 Å². The lowest BCUT2D eigenvalue weighted by Gasteiger charge is -2.39. The van der Waals surface area contributed by atoms with E-state index in [0.29, 0.717) is 13.0 Å². The van der Waals surface area contributed by atoms with E-state index in [-0.39, 0.29) is 17.7 Å². The number of nitrogens with one attached hydrogen (secondary N) is 1. The molecule has 1 aromatic rings. The molecule has 0 aliphatic carbocycles. The molecule has 19 heavy (non-hydrogen) atoms. The molecule has 1 aromatic heterocycles. The van der Waals surface area contributed by atoms with Gasteiger partial charge < -0.3 is 14.6 Å². The third kappa shape index (κ3) is 2.64. The van der Waals surface area contributed by atoms with E-state index in [1.165, 1.54) is 0 Å². The van der Waals surface area contributed by atoms with Crippen molar-refractivity contribution in [2.75, 3.05) is 0 Å². The minimum Gasteiger partial charge on any atom is -0.472 e. The van der Waals surface area contributed by atoms with Crippen LogP contribution in [0.3, 0.4) is 0 Å². The summed E-state index contributed by atoms with van der Waals surface area (Å²) in [6, 6.07) is 0.997. The minimum absolute atomic E-state index is 0.0114. The molecule has 0 radical (unpaired) electrons. The molecule has 1 aliphatic rings. The molecule has 5 heteroatoms. The molecule has 104 valence electrons. The zero-order valence-corrected chi connectivity index (χ0v) is 11.6. The van der Waals surface area contributed by atoms with Crippen molar-refractivity contribution in [3.63, 3.8) is 0 Å². The Morgan fingerprint density at radius 1 is 1.42 bits per heavy atom. The first kappa shape index (κ1) is 13.6. The third-order valence-electron chi connectivity index (χ3n) is 3.51. The summed E-state index contributed by atoms with van der Waals surface area (Å²) in [5, 5.41) is 2.82. The normalized spacial score (nSPS) is 23.9. The maximum Gasteiger partial charge on any atom is 0.246 e. The van der Waals surface area contributed by atoms with Crippen LogP contribution < -0.4 is 5.32 Å². The lowest BCUT2D eigenvalue weighted by Crippen LogP contribution is -2.64. The molecule has 0 saturated carbocycles. The lowest BCUT2D eigenvalue weighted by molar-refractivity contribution is -0.151.